The second kappa shape index (κ2) is 13.0. The van der Waals surface area contributed by atoms with Crippen molar-refractivity contribution >= 4 is 11.8 Å². The standard InChI is InChI=1S/C34H41N3O6/c1-41-28-21-24(22-29(42-2)30(28)43-3)31(39)37-20-16-33(23-37,25-9-11-27(38)12-10-25)13-19-36-32(40)34(14-17-35-18-15-34)26-7-5-4-6-8-26/h4-12,21-22,35,38H,13-20,23H2,1-3H3,(H,36,40). The number of phenols is 1. The SMILES string of the molecule is COc1cc(C(=O)N2CCC(CCNC(=O)C3(c4ccccc4)CCNCC3)(c3ccc(O)cc3)C2)cc(OC)c1OC. The molecule has 0 aliphatic carbocycles. The van der Waals surface area contributed by atoms with Crippen molar-refractivity contribution in [2.24, 2.45) is 0 Å². The number of carbonyl (C=O) groups is 2. The van der Waals surface area contributed by atoms with Gasteiger partial charge in [-0.2, -0.15) is 0 Å². The molecule has 3 aromatic carbocycles. The minimum absolute atomic E-state index is 0.0457. The number of piperidine rings is 1. The van der Waals surface area contributed by atoms with Crippen molar-refractivity contribution < 1.29 is 28.9 Å². The number of amides is 2. The van der Waals surface area contributed by atoms with Gasteiger partial charge in [-0.3, -0.25) is 9.59 Å². The molecule has 3 aromatic rings. The first-order chi connectivity index (χ1) is 20.9. The minimum Gasteiger partial charge on any atom is -0.508 e. The average molecular weight is 588 g/mol. The van der Waals surface area contributed by atoms with Gasteiger partial charge in [-0.15, -0.1) is 0 Å². The summed E-state index contributed by atoms with van der Waals surface area (Å²) in [6, 6.07) is 20.6. The first-order valence-corrected chi connectivity index (χ1v) is 14.8. The number of hydrogen-bond donors (Lipinski definition) is 3. The summed E-state index contributed by atoms with van der Waals surface area (Å²) in [5.41, 5.74) is 1.55. The van der Waals surface area contributed by atoms with Crippen molar-refractivity contribution in [3.8, 4) is 23.0 Å². The molecule has 2 saturated heterocycles. The van der Waals surface area contributed by atoms with Crippen LogP contribution in [0.2, 0.25) is 0 Å². The van der Waals surface area contributed by atoms with Crippen molar-refractivity contribution in [1.82, 2.24) is 15.5 Å². The summed E-state index contributed by atoms with van der Waals surface area (Å²) >= 11 is 0. The van der Waals surface area contributed by atoms with E-state index in [1.165, 1.54) is 21.3 Å². The first kappa shape index (κ1) is 30.2. The van der Waals surface area contributed by atoms with E-state index in [9.17, 15) is 14.7 Å². The number of hydrogen-bond acceptors (Lipinski definition) is 7. The van der Waals surface area contributed by atoms with Crippen molar-refractivity contribution in [2.75, 3.05) is 54.1 Å². The van der Waals surface area contributed by atoms with E-state index in [1.807, 2.05) is 47.4 Å². The monoisotopic (exact) mass is 587 g/mol. The van der Waals surface area contributed by atoms with Crippen LogP contribution in [0.25, 0.3) is 0 Å². The highest BCUT2D eigenvalue weighted by Gasteiger charge is 2.44. The van der Waals surface area contributed by atoms with Gasteiger partial charge in [-0.05, 0) is 74.2 Å². The molecule has 2 aliphatic heterocycles. The van der Waals surface area contributed by atoms with Gasteiger partial charge in [-0.25, -0.2) is 0 Å². The van der Waals surface area contributed by atoms with Crippen LogP contribution in [0.4, 0.5) is 0 Å². The number of benzene rings is 3. The Bertz CT molecular complexity index is 1400. The molecule has 5 rings (SSSR count). The highest BCUT2D eigenvalue weighted by atomic mass is 16.5. The van der Waals surface area contributed by atoms with Gasteiger partial charge in [0.15, 0.2) is 11.5 Å². The number of rotatable bonds is 10. The van der Waals surface area contributed by atoms with Crippen LogP contribution in [0.3, 0.4) is 0 Å². The molecule has 0 saturated carbocycles. The molecule has 2 aliphatic rings. The predicted molar refractivity (Wildman–Crippen MR) is 164 cm³/mol. The summed E-state index contributed by atoms with van der Waals surface area (Å²) in [6.45, 7) is 3.06. The lowest BCUT2D eigenvalue weighted by Gasteiger charge is -2.37. The number of nitrogens with one attached hydrogen (secondary N) is 2. The molecule has 9 nitrogen and oxygen atoms in total. The van der Waals surface area contributed by atoms with Gasteiger partial charge in [-0.1, -0.05) is 42.5 Å². The highest BCUT2D eigenvalue weighted by molar-refractivity contribution is 5.96. The van der Waals surface area contributed by atoms with E-state index in [2.05, 4.69) is 10.6 Å². The van der Waals surface area contributed by atoms with E-state index in [4.69, 9.17) is 14.2 Å². The third-order valence-electron chi connectivity index (χ3n) is 9.14. The molecule has 0 aromatic heterocycles. The molecule has 3 N–H and O–H groups in total. The van der Waals surface area contributed by atoms with Gasteiger partial charge in [0.05, 0.1) is 26.7 Å². The highest BCUT2D eigenvalue weighted by Crippen LogP contribution is 2.42. The van der Waals surface area contributed by atoms with E-state index in [-0.39, 0.29) is 17.6 Å². The van der Waals surface area contributed by atoms with Gasteiger partial charge in [0.25, 0.3) is 5.91 Å². The maximum absolute atomic E-state index is 13.8. The Hall–Kier alpha value is -4.24. The fourth-order valence-electron chi connectivity index (χ4n) is 6.67. The summed E-state index contributed by atoms with van der Waals surface area (Å²) in [5, 5.41) is 16.6. The van der Waals surface area contributed by atoms with Crippen LogP contribution >= 0.6 is 0 Å². The van der Waals surface area contributed by atoms with Gasteiger partial charge in [0.2, 0.25) is 11.7 Å². The fraction of sp³-hybridized carbons (Fsp3) is 0.412. The second-order valence-corrected chi connectivity index (χ2v) is 11.4. The van der Waals surface area contributed by atoms with E-state index < -0.39 is 10.8 Å². The Balaban J connectivity index is 1.37. The smallest absolute Gasteiger partial charge is 0.254 e. The number of phenolic OH excluding ortho intramolecular Hbond substituents is 1. The molecule has 9 heteroatoms. The van der Waals surface area contributed by atoms with E-state index in [0.717, 1.165) is 43.5 Å². The Morgan fingerprint density at radius 2 is 1.53 bits per heavy atom. The topological polar surface area (TPSA) is 109 Å². The van der Waals surface area contributed by atoms with Gasteiger partial charge < -0.3 is 34.9 Å². The number of carbonyl (C=O) groups excluding carboxylic acids is 2. The zero-order valence-corrected chi connectivity index (χ0v) is 25.2. The molecule has 2 fully saturated rings. The summed E-state index contributed by atoms with van der Waals surface area (Å²) in [6.07, 6.45) is 2.84. The molecule has 1 atom stereocenters. The van der Waals surface area contributed by atoms with Crippen LogP contribution in [-0.4, -0.2) is 75.9 Å². The van der Waals surface area contributed by atoms with Gasteiger partial charge >= 0.3 is 0 Å². The molecule has 1 unspecified atom stereocenters. The quantitative estimate of drug-likeness (QED) is 0.329. The van der Waals surface area contributed by atoms with Crippen LogP contribution in [0.1, 0.15) is 47.2 Å². The largest absolute Gasteiger partial charge is 0.508 e. The van der Waals surface area contributed by atoms with E-state index >= 15 is 0 Å². The van der Waals surface area contributed by atoms with E-state index in [0.29, 0.717) is 48.9 Å². The lowest BCUT2D eigenvalue weighted by molar-refractivity contribution is -0.127. The number of likely N-dealkylation sites (tertiary alicyclic amines) is 1. The Labute approximate surface area is 253 Å². The van der Waals surface area contributed by atoms with Crippen LogP contribution < -0.4 is 24.8 Å². The summed E-state index contributed by atoms with van der Waals surface area (Å²) in [7, 11) is 4.58. The lowest BCUT2D eigenvalue weighted by atomic mass is 9.72. The molecule has 2 amide bonds. The molecule has 0 spiro atoms. The maximum Gasteiger partial charge on any atom is 0.254 e. The maximum atomic E-state index is 13.8. The average Bonchev–Trinajstić information content (AvgIpc) is 3.49. The molecule has 43 heavy (non-hydrogen) atoms. The first-order valence-electron chi connectivity index (χ1n) is 14.8. The summed E-state index contributed by atoms with van der Waals surface area (Å²) in [5.74, 6) is 1.36. The third kappa shape index (κ3) is 5.99. The number of aromatic hydroxyl groups is 1. The molecule has 0 radical (unpaired) electrons. The van der Waals surface area contributed by atoms with Crippen LogP contribution in [0.15, 0.2) is 66.7 Å². The zero-order chi connectivity index (χ0) is 30.5. The summed E-state index contributed by atoms with van der Waals surface area (Å²) in [4.78, 5) is 29.5. The normalized spacial score (nSPS) is 19.5. The minimum atomic E-state index is -0.567. The molecule has 2 heterocycles. The lowest BCUT2D eigenvalue weighted by Crippen LogP contribution is -2.51. The van der Waals surface area contributed by atoms with Crippen molar-refractivity contribution in [1.29, 1.82) is 0 Å². The Morgan fingerprint density at radius 3 is 2.14 bits per heavy atom. The zero-order valence-electron chi connectivity index (χ0n) is 25.2. The molecule has 228 valence electrons. The van der Waals surface area contributed by atoms with Crippen molar-refractivity contribution in [2.45, 2.75) is 36.5 Å². The fourth-order valence-corrected chi connectivity index (χ4v) is 6.67. The van der Waals surface area contributed by atoms with Crippen LogP contribution in [0, 0.1) is 0 Å². The predicted octanol–water partition coefficient (Wildman–Crippen LogP) is 4.03. The van der Waals surface area contributed by atoms with Crippen LogP contribution in [-0.2, 0) is 15.6 Å². The number of ether oxygens (including phenoxy) is 3. The number of nitrogens with zero attached hydrogens (tertiary/aromatic N) is 1. The molecular weight excluding hydrogens is 546 g/mol. The van der Waals surface area contributed by atoms with Gasteiger partial charge in [0, 0.05) is 30.6 Å². The second-order valence-electron chi connectivity index (χ2n) is 11.4. The van der Waals surface area contributed by atoms with Crippen molar-refractivity contribution in [3.05, 3.63) is 83.4 Å². The summed E-state index contributed by atoms with van der Waals surface area (Å²) < 4.78 is 16.4. The van der Waals surface area contributed by atoms with Gasteiger partial charge in [0.1, 0.15) is 5.75 Å². The molecular formula is C34H41N3O6. The third-order valence-corrected chi connectivity index (χ3v) is 9.14. The molecule has 0 bridgehead atoms. The number of methoxy groups -OCH3 is 3. The van der Waals surface area contributed by atoms with E-state index in [1.54, 1.807) is 24.3 Å². The Morgan fingerprint density at radius 1 is 0.884 bits per heavy atom. The van der Waals surface area contributed by atoms with Crippen LogP contribution in [0.5, 0.6) is 23.0 Å². The Kier molecular flexibility index (Phi) is 9.11. The van der Waals surface area contributed by atoms with Crippen molar-refractivity contribution in [3.63, 3.8) is 0 Å².